The molecule has 0 aromatic heterocycles. The van der Waals surface area contributed by atoms with Crippen molar-refractivity contribution in [1.29, 1.82) is 0 Å². The molecule has 0 bridgehead atoms. The number of hydrogen-bond donors (Lipinski definition) is 2. The first-order valence-electron chi connectivity index (χ1n) is 5.43. The molecule has 1 aliphatic heterocycles. The van der Waals surface area contributed by atoms with Gasteiger partial charge in [-0.2, -0.15) is 11.8 Å². The largest absolute Gasteiger partial charge is 0.394 e. The second-order valence-corrected chi connectivity index (χ2v) is 4.76. The molecule has 1 fully saturated rings. The second kappa shape index (κ2) is 8.53. The van der Waals surface area contributed by atoms with Gasteiger partial charge in [-0.1, -0.05) is 0 Å². The van der Waals surface area contributed by atoms with Gasteiger partial charge in [-0.25, -0.2) is 0 Å². The average molecular weight is 219 g/mol. The summed E-state index contributed by atoms with van der Waals surface area (Å²) in [5.74, 6) is 2.61. The molecular weight excluding hydrogens is 198 g/mol. The Kier molecular flexibility index (Phi) is 7.50. The van der Waals surface area contributed by atoms with Gasteiger partial charge in [0.15, 0.2) is 0 Å². The molecule has 0 aromatic rings. The van der Waals surface area contributed by atoms with Crippen LogP contribution in [0.3, 0.4) is 0 Å². The van der Waals surface area contributed by atoms with Gasteiger partial charge in [-0.15, -0.1) is 0 Å². The first-order chi connectivity index (χ1) is 6.93. The topological polar surface area (TPSA) is 41.5 Å². The van der Waals surface area contributed by atoms with Crippen LogP contribution in [0.4, 0.5) is 0 Å². The molecule has 0 radical (unpaired) electrons. The zero-order valence-electron chi connectivity index (χ0n) is 8.71. The Morgan fingerprint density at radius 2 is 2.07 bits per heavy atom. The van der Waals surface area contributed by atoms with E-state index in [4.69, 9.17) is 9.84 Å². The number of aliphatic hydroxyl groups excluding tert-OH is 1. The Morgan fingerprint density at radius 1 is 1.29 bits per heavy atom. The molecule has 84 valence electrons. The van der Waals surface area contributed by atoms with Crippen molar-refractivity contribution < 1.29 is 9.84 Å². The molecule has 0 spiro atoms. The number of ether oxygens (including phenoxy) is 1. The van der Waals surface area contributed by atoms with E-state index in [-0.39, 0.29) is 6.61 Å². The SMILES string of the molecule is OCCOCCCNC1CCSCC1. The van der Waals surface area contributed by atoms with Crippen LogP contribution in [0, 0.1) is 0 Å². The molecule has 2 N–H and O–H groups in total. The number of rotatable bonds is 7. The average Bonchev–Trinajstić information content (AvgIpc) is 2.25. The van der Waals surface area contributed by atoms with Crippen LogP contribution in [-0.4, -0.2) is 49.0 Å². The van der Waals surface area contributed by atoms with Crippen LogP contribution in [0.2, 0.25) is 0 Å². The van der Waals surface area contributed by atoms with E-state index in [2.05, 4.69) is 17.1 Å². The standard InChI is InChI=1S/C10H21NO2S/c12-5-7-13-6-1-4-11-10-2-8-14-9-3-10/h10-12H,1-9H2. The smallest absolute Gasteiger partial charge is 0.0697 e. The summed E-state index contributed by atoms with van der Waals surface area (Å²) >= 11 is 2.06. The highest BCUT2D eigenvalue weighted by Crippen LogP contribution is 2.16. The third-order valence-corrected chi connectivity index (χ3v) is 3.40. The summed E-state index contributed by atoms with van der Waals surface area (Å²) in [4.78, 5) is 0. The molecule has 1 rings (SSSR count). The zero-order valence-corrected chi connectivity index (χ0v) is 9.52. The third-order valence-electron chi connectivity index (χ3n) is 2.36. The van der Waals surface area contributed by atoms with E-state index in [1.54, 1.807) is 0 Å². The number of aliphatic hydroxyl groups is 1. The maximum absolute atomic E-state index is 8.48. The Bertz CT molecular complexity index is 129. The Hall–Kier alpha value is 0.230. The van der Waals surface area contributed by atoms with Crippen LogP contribution in [0.25, 0.3) is 0 Å². The number of thioether (sulfide) groups is 1. The van der Waals surface area contributed by atoms with Crippen molar-refractivity contribution in [2.75, 3.05) is 37.9 Å². The number of nitrogens with one attached hydrogen (secondary N) is 1. The van der Waals surface area contributed by atoms with Crippen LogP contribution in [0.15, 0.2) is 0 Å². The minimum Gasteiger partial charge on any atom is -0.394 e. The van der Waals surface area contributed by atoms with E-state index in [9.17, 15) is 0 Å². The van der Waals surface area contributed by atoms with Gasteiger partial charge in [0.05, 0.1) is 13.2 Å². The summed E-state index contributed by atoms with van der Waals surface area (Å²) in [6, 6.07) is 0.731. The lowest BCUT2D eigenvalue weighted by Gasteiger charge is -2.22. The first kappa shape index (κ1) is 12.3. The summed E-state index contributed by atoms with van der Waals surface area (Å²) in [6.07, 6.45) is 3.66. The highest BCUT2D eigenvalue weighted by atomic mass is 32.2. The molecule has 3 nitrogen and oxygen atoms in total. The first-order valence-corrected chi connectivity index (χ1v) is 6.58. The summed E-state index contributed by atoms with van der Waals surface area (Å²) in [7, 11) is 0. The fraction of sp³-hybridized carbons (Fsp3) is 1.00. The molecule has 4 heteroatoms. The zero-order chi connectivity index (χ0) is 10.1. The van der Waals surface area contributed by atoms with Crippen molar-refractivity contribution in [3.05, 3.63) is 0 Å². The molecular formula is C10H21NO2S. The predicted octanol–water partition coefficient (Wildman–Crippen LogP) is 0.871. The van der Waals surface area contributed by atoms with Crippen molar-refractivity contribution >= 4 is 11.8 Å². The van der Waals surface area contributed by atoms with E-state index >= 15 is 0 Å². The van der Waals surface area contributed by atoms with Crippen LogP contribution in [0.1, 0.15) is 19.3 Å². The molecule has 1 aliphatic rings. The maximum Gasteiger partial charge on any atom is 0.0697 e. The quantitative estimate of drug-likeness (QED) is 0.624. The Balaban J connectivity index is 1.82. The van der Waals surface area contributed by atoms with Crippen LogP contribution >= 0.6 is 11.8 Å². The van der Waals surface area contributed by atoms with Gasteiger partial charge in [-0.3, -0.25) is 0 Å². The van der Waals surface area contributed by atoms with Crippen molar-refractivity contribution in [2.24, 2.45) is 0 Å². The van der Waals surface area contributed by atoms with Gasteiger partial charge in [0.25, 0.3) is 0 Å². The Labute approximate surface area is 90.6 Å². The lowest BCUT2D eigenvalue weighted by atomic mass is 10.1. The predicted molar refractivity (Wildman–Crippen MR) is 60.9 cm³/mol. The van der Waals surface area contributed by atoms with E-state index in [0.29, 0.717) is 6.61 Å². The van der Waals surface area contributed by atoms with Crippen LogP contribution in [0.5, 0.6) is 0 Å². The monoisotopic (exact) mass is 219 g/mol. The third kappa shape index (κ3) is 5.86. The van der Waals surface area contributed by atoms with Crippen LogP contribution < -0.4 is 5.32 Å². The maximum atomic E-state index is 8.48. The fourth-order valence-corrected chi connectivity index (χ4v) is 2.66. The minimum atomic E-state index is 0.132. The van der Waals surface area contributed by atoms with Crippen molar-refractivity contribution in [2.45, 2.75) is 25.3 Å². The van der Waals surface area contributed by atoms with E-state index < -0.39 is 0 Å². The molecule has 1 saturated heterocycles. The van der Waals surface area contributed by atoms with Crippen LogP contribution in [-0.2, 0) is 4.74 Å². The van der Waals surface area contributed by atoms with Gasteiger partial charge < -0.3 is 15.2 Å². The summed E-state index contributed by atoms with van der Waals surface area (Å²) in [6.45, 7) is 2.41. The lowest BCUT2D eigenvalue weighted by Crippen LogP contribution is -2.33. The molecule has 1 heterocycles. The van der Waals surface area contributed by atoms with Gasteiger partial charge in [-0.05, 0) is 37.3 Å². The molecule has 0 amide bonds. The molecule has 0 saturated carbocycles. The fourth-order valence-electron chi connectivity index (χ4n) is 1.55. The second-order valence-electron chi connectivity index (χ2n) is 3.53. The highest BCUT2D eigenvalue weighted by Gasteiger charge is 2.11. The van der Waals surface area contributed by atoms with Gasteiger partial charge in [0, 0.05) is 12.6 Å². The summed E-state index contributed by atoms with van der Waals surface area (Å²) in [5, 5.41) is 12.0. The van der Waals surface area contributed by atoms with Gasteiger partial charge >= 0.3 is 0 Å². The normalized spacial score (nSPS) is 18.6. The lowest BCUT2D eigenvalue weighted by molar-refractivity contribution is 0.0903. The summed E-state index contributed by atoms with van der Waals surface area (Å²) < 4.78 is 5.18. The molecule has 0 unspecified atom stereocenters. The molecule has 14 heavy (non-hydrogen) atoms. The molecule has 0 aromatic carbocycles. The van der Waals surface area contributed by atoms with E-state index in [0.717, 1.165) is 25.6 Å². The highest BCUT2D eigenvalue weighted by molar-refractivity contribution is 7.99. The minimum absolute atomic E-state index is 0.132. The molecule has 0 atom stereocenters. The van der Waals surface area contributed by atoms with Crippen molar-refractivity contribution in [1.82, 2.24) is 5.32 Å². The van der Waals surface area contributed by atoms with E-state index in [1.165, 1.54) is 24.3 Å². The van der Waals surface area contributed by atoms with Crippen molar-refractivity contribution in [3.63, 3.8) is 0 Å². The molecule has 0 aliphatic carbocycles. The number of hydrogen-bond acceptors (Lipinski definition) is 4. The van der Waals surface area contributed by atoms with Gasteiger partial charge in [0.2, 0.25) is 0 Å². The van der Waals surface area contributed by atoms with Gasteiger partial charge in [0.1, 0.15) is 0 Å². The summed E-state index contributed by atoms with van der Waals surface area (Å²) in [5.41, 5.74) is 0. The van der Waals surface area contributed by atoms with Crippen molar-refractivity contribution in [3.8, 4) is 0 Å². The Morgan fingerprint density at radius 3 is 2.79 bits per heavy atom. The van der Waals surface area contributed by atoms with E-state index in [1.807, 2.05) is 0 Å².